The molecule has 0 aliphatic rings. The van der Waals surface area contributed by atoms with Crippen LogP contribution in [0.15, 0.2) is 10.7 Å². The van der Waals surface area contributed by atoms with Crippen LogP contribution in [-0.4, -0.2) is 29.1 Å². The van der Waals surface area contributed by atoms with Gasteiger partial charge in [-0.25, -0.2) is 9.97 Å². The van der Waals surface area contributed by atoms with Gasteiger partial charge in [0.05, 0.1) is 6.61 Å². The predicted molar refractivity (Wildman–Crippen MR) is 64.2 cm³/mol. The number of carbonyl (C=O) groups is 1. The number of halogens is 1. The Morgan fingerprint density at radius 2 is 2.25 bits per heavy atom. The van der Waals surface area contributed by atoms with Gasteiger partial charge in [0.25, 0.3) is 0 Å². The fourth-order valence-corrected chi connectivity index (χ4v) is 1.51. The second kappa shape index (κ2) is 6.42. The average molecular weight is 288 g/mol. The molecule has 1 heterocycles. The number of esters is 1. The van der Waals surface area contributed by atoms with Crippen molar-refractivity contribution in [3.05, 3.63) is 16.5 Å². The van der Waals surface area contributed by atoms with Crippen molar-refractivity contribution >= 4 is 27.7 Å². The third kappa shape index (κ3) is 4.14. The van der Waals surface area contributed by atoms with E-state index in [-0.39, 0.29) is 12.5 Å². The second-order valence-corrected chi connectivity index (χ2v) is 3.82. The van der Waals surface area contributed by atoms with Gasteiger partial charge in [0.2, 0.25) is 0 Å². The summed E-state index contributed by atoms with van der Waals surface area (Å²) in [5.74, 6) is 1.04. The lowest BCUT2D eigenvalue weighted by Gasteiger charge is -2.06. The van der Waals surface area contributed by atoms with Gasteiger partial charge in [-0.3, -0.25) is 4.79 Å². The maximum atomic E-state index is 11.1. The molecule has 1 N–H and O–H groups in total. The van der Waals surface area contributed by atoms with Crippen LogP contribution >= 0.6 is 15.9 Å². The summed E-state index contributed by atoms with van der Waals surface area (Å²) in [5.41, 5.74) is 0. The number of ether oxygens (including phenoxy) is 1. The standard InChI is InChI=1S/C10H14BrN3O2/c1-3-8-13-7(11)5-9(14-8)12-6-10(15)16-4-2/h5H,3-4,6H2,1-2H3,(H,12,13,14). The molecule has 0 saturated heterocycles. The van der Waals surface area contributed by atoms with Crippen LogP contribution in [0.4, 0.5) is 5.82 Å². The number of nitrogens with zero attached hydrogens (tertiary/aromatic N) is 2. The highest BCUT2D eigenvalue weighted by molar-refractivity contribution is 9.10. The first-order chi connectivity index (χ1) is 7.65. The quantitative estimate of drug-likeness (QED) is 0.661. The first-order valence-corrected chi connectivity index (χ1v) is 5.88. The van der Waals surface area contributed by atoms with Crippen molar-refractivity contribution in [1.82, 2.24) is 9.97 Å². The number of aryl methyl sites for hydroxylation is 1. The Bertz CT molecular complexity index is 371. The van der Waals surface area contributed by atoms with E-state index < -0.39 is 0 Å². The third-order valence-electron chi connectivity index (χ3n) is 1.78. The lowest BCUT2D eigenvalue weighted by molar-refractivity contribution is -0.140. The summed E-state index contributed by atoms with van der Waals surface area (Å²) in [6.07, 6.45) is 0.744. The molecule has 1 aromatic heterocycles. The van der Waals surface area contributed by atoms with Gasteiger partial charge in [-0.05, 0) is 22.9 Å². The van der Waals surface area contributed by atoms with E-state index in [1.165, 1.54) is 0 Å². The minimum Gasteiger partial charge on any atom is -0.465 e. The van der Waals surface area contributed by atoms with Crippen LogP contribution in [0.1, 0.15) is 19.7 Å². The molecule has 1 aromatic rings. The summed E-state index contributed by atoms with van der Waals surface area (Å²) in [6.45, 7) is 4.24. The van der Waals surface area contributed by atoms with Gasteiger partial charge in [0.15, 0.2) is 0 Å². The zero-order valence-corrected chi connectivity index (χ0v) is 10.9. The van der Waals surface area contributed by atoms with E-state index in [1.54, 1.807) is 13.0 Å². The molecular weight excluding hydrogens is 274 g/mol. The van der Waals surface area contributed by atoms with E-state index in [0.29, 0.717) is 17.0 Å². The molecule has 0 fully saturated rings. The van der Waals surface area contributed by atoms with Crippen molar-refractivity contribution < 1.29 is 9.53 Å². The van der Waals surface area contributed by atoms with Crippen LogP contribution in [0, 0.1) is 0 Å². The van der Waals surface area contributed by atoms with E-state index in [0.717, 1.165) is 12.2 Å². The van der Waals surface area contributed by atoms with Crippen molar-refractivity contribution in [3.8, 4) is 0 Å². The highest BCUT2D eigenvalue weighted by Gasteiger charge is 2.04. The summed E-state index contributed by atoms with van der Waals surface area (Å²) in [6, 6.07) is 1.72. The molecule has 0 aliphatic carbocycles. The molecular formula is C10H14BrN3O2. The molecule has 0 aliphatic heterocycles. The largest absolute Gasteiger partial charge is 0.465 e. The van der Waals surface area contributed by atoms with E-state index in [9.17, 15) is 4.79 Å². The summed E-state index contributed by atoms with van der Waals surface area (Å²) >= 11 is 3.28. The summed E-state index contributed by atoms with van der Waals surface area (Å²) < 4.78 is 5.49. The molecule has 0 unspecified atom stereocenters. The number of nitrogens with one attached hydrogen (secondary N) is 1. The maximum Gasteiger partial charge on any atom is 0.325 e. The minimum absolute atomic E-state index is 0.112. The molecule has 16 heavy (non-hydrogen) atoms. The van der Waals surface area contributed by atoms with Gasteiger partial charge >= 0.3 is 5.97 Å². The van der Waals surface area contributed by atoms with Crippen molar-refractivity contribution in [1.29, 1.82) is 0 Å². The number of hydrogen-bond acceptors (Lipinski definition) is 5. The SMILES string of the molecule is CCOC(=O)CNc1cc(Br)nc(CC)n1. The molecule has 0 spiro atoms. The van der Waals surface area contributed by atoms with Crippen molar-refractivity contribution in [2.24, 2.45) is 0 Å². The Morgan fingerprint density at radius 1 is 1.50 bits per heavy atom. The van der Waals surface area contributed by atoms with Crippen molar-refractivity contribution in [2.45, 2.75) is 20.3 Å². The highest BCUT2D eigenvalue weighted by Crippen LogP contribution is 2.12. The number of carbonyl (C=O) groups excluding carboxylic acids is 1. The predicted octanol–water partition coefficient (Wildman–Crippen LogP) is 1.78. The van der Waals surface area contributed by atoms with Crippen molar-refractivity contribution in [2.75, 3.05) is 18.5 Å². The Morgan fingerprint density at radius 3 is 2.88 bits per heavy atom. The zero-order valence-electron chi connectivity index (χ0n) is 9.29. The molecule has 0 radical (unpaired) electrons. The van der Waals surface area contributed by atoms with Crippen LogP contribution in [0.2, 0.25) is 0 Å². The second-order valence-electron chi connectivity index (χ2n) is 3.00. The Hall–Kier alpha value is -1.17. The molecule has 5 nitrogen and oxygen atoms in total. The Labute approximate surface area is 103 Å². The first-order valence-electron chi connectivity index (χ1n) is 5.08. The lowest BCUT2D eigenvalue weighted by atomic mass is 10.4. The Balaban J connectivity index is 2.59. The van der Waals surface area contributed by atoms with Gasteiger partial charge in [0, 0.05) is 12.5 Å². The Kier molecular flexibility index (Phi) is 5.18. The molecule has 0 saturated carbocycles. The topological polar surface area (TPSA) is 64.1 Å². The maximum absolute atomic E-state index is 11.1. The van der Waals surface area contributed by atoms with Gasteiger partial charge in [0.1, 0.15) is 22.8 Å². The molecule has 1 rings (SSSR count). The third-order valence-corrected chi connectivity index (χ3v) is 2.18. The van der Waals surface area contributed by atoms with E-state index in [1.807, 2.05) is 6.92 Å². The van der Waals surface area contributed by atoms with Crippen LogP contribution in [-0.2, 0) is 16.0 Å². The summed E-state index contributed by atoms with van der Waals surface area (Å²) in [7, 11) is 0. The van der Waals surface area contributed by atoms with Gasteiger partial charge < -0.3 is 10.1 Å². The lowest BCUT2D eigenvalue weighted by Crippen LogP contribution is -2.17. The van der Waals surface area contributed by atoms with Crippen molar-refractivity contribution in [3.63, 3.8) is 0 Å². The molecule has 0 bridgehead atoms. The van der Waals surface area contributed by atoms with E-state index >= 15 is 0 Å². The molecule has 6 heteroatoms. The highest BCUT2D eigenvalue weighted by atomic mass is 79.9. The summed E-state index contributed by atoms with van der Waals surface area (Å²) in [4.78, 5) is 19.5. The van der Waals surface area contributed by atoms with Crippen LogP contribution < -0.4 is 5.32 Å². The fraction of sp³-hybridized carbons (Fsp3) is 0.500. The fourth-order valence-electron chi connectivity index (χ4n) is 1.09. The van der Waals surface area contributed by atoms with E-state index in [2.05, 4.69) is 31.2 Å². The number of anilines is 1. The number of rotatable bonds is 5. The molecule has 0 aromatic carbocycles. The molecule has 88 valence electrons. The van der Waals surface area contributed by atoms with Crippen LogP contribution in [0.3, 0.4) is 0 Å². The molecule has 0 amide bonds. The smallest absolute Gasteiger partial charge is 0.325 e. The monoisotopic (exact) mass is 287 g/mol. The number of aromatic nitrogens is 2. The zero-order chi connectivity index (χ0) is 12.0. The number of hydrogen-bond donors (Lipinski definition) is 1. The summed E-state index contributed by atoms with van der Waals surface area (Å²) in [5, 5.41) is 2.89. The normalized spacial score (nSPS) is 9.94. The van der Waals surface area contributed by atoms with Gasteiger partial charge in [-0.2, -0.15) is 0 Å². The van der Waals surface area contributed by atoms with Gasteiger partial charge in [-0.15, -0.1) is 0 Å². The van der Waals surface area contributed by atoms with E-state index in [4.69, 9.17) is 4.74 Å². The molecule has 0 atom stereocenters. The van der Waals surface area contributed by atoms with Crippen LogP contribution in [0.5, 0.6) is 0 Å². The van der Waals surface area contributed by atoms with Gasteiger partial charge in [-0.1, -0.05) is 6.92 Å². The first kappa shape index (κ1) is 12.9. The average Bonchev–Trinajstić information content (AvgIpc) is 2.26. The van der Waals surface area contributed by atoms with Crippen LogP contribution in [0.25, 0.3) is 0 Å². The minimum atomic E-state index is -0.296.